The Bertz CT molecular complexity index is 1200. The second-order valence-electron chi connectivity index (χ2n) is 10.2. The van der Waals surface area contributed by atoms with Gasteiger partial charge in [-0.2, -0.15) is 0 Å². The molecule has 1 aliphatic heterocycles. The van der Waals surface area contributed by atoms with Gasteiger partial charge in [-0.15, -0.1) is 0 Å². The van der Waals surface area contributed by atoms with Crippen LogP contribution in [0.3, 0.4) is 0 Å². The van der Waals surface area contributed by atoms with Gasteiger partial charge in [-0.05, 0) is 42.9 Å². The smallest absolute Gasteiger partial charge is 0.354 e. The highest BCUT2D eigenvalue weighted by molar-refractivity contribution is 7.80. The first-order valence-electron chi connectivity index (χ1n) is 15.1. The minimum Gasteiger partial charge on any atom is -0.477 e. The van der Waals surface area contributed by atoms with Crippen LogP contribution in [-0.4, -0.2) is 133 Å². The molecule has 3 rings (SSSR count). The van der Waals surface area contributed by atoms with E-state index in [1.165, 1.54) is 12.1 Å². The second-order valence-corrected chi connectivity index (χ2v) is 10.6. The predicted octanol–water partition coefficient (Wildman–Crippen LogP) is 1.95. The number of rotatable bonds is 9. The van der Waals surface area contributed by atoms with E-state index in [1.807, 2.05) is 6.92 Å². The SMILES string of the molecule is CCCNC(=S)Nc1cc(CN2CCOCCOCCN(Cc3cccc(C(=O)O)n3)CCOCCOCC2)nc(C(=O)O)c1. The Morgan fingerprint density at radius 3 is 1.80 bits per heavy atom. The Morgan fingerprint density at radius 2 is 1.29 bits per heavy atom. The summed E-state index contributed by atoms with van der Waals surface area (Å²) < 4.78 is 23.2. The van der Waals surface area contributed by atoms with Crippen molar-refractivity contribution in [1.82, 2.24) is 25.1 Å². The highest BCUT2D eigenvalue weighted by Gasteiger charge is 2.14. The molecule has 1 aliphatic rings. The Kier molecular flexibility index (Phi) is 16.6. The Hall–Kier alpha value is -3.31. The summed E-state index contributed by atoms with van der Waals surface area (Å²) in [4.78, 5) is 35.8. The Balaban J connectivity index is 1.54. The molecule has 0 aromatic carbocycles. The highest BCUT2D eigenvalue weighted by Crippen LogP contribution is 2.14. The largest absolute Gasteiger partial charge is 0.477 e. The van der Waals surface area contributed by atoms with Crippen molar-refractivity contribution in [3.05, 3.63) is 53.1 Å². The number of pyridine rings is 2. The molecular formula is C30H44N6O8S. The van der Waals surface area contributed by atoms with Crippen LogP contribution in [0.25, 0.3) is 0 Å². The number of carboxylic acid groups (broad SMARTS) is 2. The summed E-state index contributed by atoms with van der Waals surface area (Å²) in [7, 11) is 0. The number of ether oxygens (including phenoxy) is 4. The zero-order valence-electron chi connectivity index (χ0n) is 25.7. The van der Waals surface area contributed by atoms with Crippen LogP contribution in [0.15, 0.2) is 30.3 Å². The van der Waals surface area contributed by atoms with Crippen molar-refractivity contribution in [2.75, 3.05) is 90.9 Å². The van der Waals surface area contributed by atoms with Crippen molar-refractivity contribution in [3.63, 3.8) is 0 Å². The molecular weight excluding hydrogens is 604 g/mol. The van der Waals surface area contributed by atoms with Gasteiger partial charge in [0.05, 0.1) is 64.2 Å². The summed E-state index contributed by atoms with van der Waals surface area (Å²) in [5, 5.41) is 25.4. The molecule has 0 atom stereocenters. The van der Waals surface area contributed by atoms with E-state index in [9.17, 15) is 19.8 Å². The first kappa shape index (κ1) is 36.2. The fourth-order valence-electron chi connectivity index (χ4n) is 4.37. The molecule has 3 heterocycles. The minimum absolute atomic E-state index is 0.0149. The molecule has 0 radical (unpaired) electrons. The summed E-state index contributed by atoms with van der Waals surface area (Å²) in [6.07, 6.45) is 0.907. The van der Waals surface area contributed by atoms with E-state index >= 15 is 0 Å². The molecule has 2 aromatic rings. The quantitative estimate of drug-likeness (QED) is 0.291. The average Bonchev–Trinajstić information content (AvgIpc) is 3.01. The summed E-state index contributed by atoms with van der Waals surface area (Å²) in [5.74, 6) is -2.18. The molecule has 1 saturated heterocycles. The highest BCUT2D eigenvalue weighted by atomic mass is 32.1. The van der Waals surface area contributed by atoms with Gasteiger partial charge in [0.15, 0.2) is 10.8 Å². The van der Waals surface area contributed by atoms with Gasteiger partial charge >= 0.3 is 11.9 Å². The molecule has 14 nitrogen and oxygen atoms in total. The topological polar surface area (TPSA) is 168 Å². The van der Waals surface area contributed by atoms with Crippen LogP contribution in [0.2, 0.25) is 0 Å². The van der Waals surface area contributed by atoms with Crippen LogP contribution >= 0.6 is 12.2 Å². The van der Waals surface area contributed by atoms with E-state index in [1.54, 1.807) is 18.2 Å². The van der Waals surface area contributed by atoms with Gasteiger partial charge in [-0.3, -0.25) is 9.80 Å². The van der Waals surface area contributed by atoms with Crippen molar-refractivity contribution < 1.29 is 38.7 Å². The molecule has 0 unspecified atom stereocenters. The molecule has 0 saturated carbocycles. The van der Waals surface area contributed by atoms with Crippen molar-refractivity contribution >= 4 is 35.0 Å². The molecule has 15 heteroatoms. The zero-order valence-corrected chi connectivity index (χ0v) is 26.6. The maximum atomic E-state index is 11.8. The van der Waals surface area contributed by atoms with Crippen LogP contribution < -0.4 is 10.6 Å². The van der Waals surface area contributed by atoms with Crippen molar-refractivity contribution in [2.24, 2.45) is 0 Å². The minimum atomic E-state index is -1.12. The van der Waals surface area contributed by atoms with E-state index in [2.05, 4.69) is 30.4 Å². The number of aromatic carboxylic acids is 2. The van der Waals surface area contributed by atoms with E-state index in [0.29, 0.717) is 121 Å². The number of hydrogen-bond acceptors (Lipinski definition) is 11. The lowest BCUT2D eigenvalue weighted by Gasteiger charge is -2.23. The standard InChI is InChI=1S/C30H44N6O8S/c1-2-6-31-30(45)34-24-19-25(33-27(20-24)29(39)40)22-36-9-13-43-17-15-41-11-7-35(8-12-42-16-18-44-14-10-36)21-23-4-3-5-26(32-23)28(37)38/h3-5,19-20H,2,6-18,21-22H2,1H3,(H,37,38)(H,39,40)(H2,31,33,34,45). The summed E-state index contributed by atoms with van der Waals surface area (Å²) >= 11 is 5.32. The number of thiocarbonyl (C=S) groups is 1. The van der Waals surface area contributed by atoms with Crippen molar-refractivity contribution in [3.8, 4) is 0 Å². The third kappa shape index (κ3) is 14.6. The number of anilines is 1. The molecule has 4 N–H and O–H groups in total. The van der Waals surface area contributed by atoms with Gasteiger partial charge in [0.25, 0.3) is 0 Å². The van der Waals surface area contributed by atoms with Crippen LogP contribution in [0.5, 0.6) is 0 Å². The van der Waals surface area contributed by atoms with Gasteiger partial charge in [0, 0.05) is 51.5 Å². The lowest BCUT2D eigenvalue weighted by Crippen LogP contribution is -2.33. The van der Waals surface area contributed by atoms with Crippen molar-refractivity contribution in [1.29, 1.82) is 0 Å². The molecule has 0 spiro atoms. The van der Waals surface area contributed by atoms with Gasteiger partial charge in [-0.1, -0.05) is 13.0 Å². The average molecular weight is 649 g/mol. The molecule has 45 heavy (non-hydrogen) atoms. The molecule has 1 fully saturated rings. The molecule has 248 valence electrons. The zero-order chi connectivity index (χ0) is 32.3. The lowest BCUT2D eigenvalue weighted by molar-refractivity contribution is 0.00597. The molecule has 0 amide bonds. The summed E-state index contributed by atoms with van der Waals surface area (Å²) in [6.45, 7) is 9.49. The first-order chi connectivity index (χ1) is 21.8. The van der Waals surface area contributed by atoms with Gasteiger partial charge in [0.2, 0.25) is 0 Å². The van der Waals surface area contributed by atoms with Crippen LogP contribution in [0, 0.1) is 0 Å². The number of carboxylic acids is 2. The maximum Gasteiger partial charge on any atom is 0.354 e. The fraction of sp³-hybridized carbons (Fsp3) is 0.567. The molecule has 2 aromatic heterocycles. The van der Waals surface area contributed by atoms with Crippen molar-refractivity contribution in [2.45, 2.75) is 26.4 Å². The number of nitrogens with zero attached hydrogens (tertiary/aromatic N) is 4. The van der Waals surface area contributed by atoms with E-state index in [0.717, 1.165) is 6.42 Å². The van der Waals surface area contributed by atoms with Gasteiger partial charge < -0.3 is 39.8 Å². The number of carbonyl (C=O) groups is 2. The van der Waals surface area contributed by atoms with E-state index in [4.69, 9.17) is 31.2 Å². The summed E-state index contributed by atoms with van der Waals surface area (Å²) in [5.41, 5.74) is 1.75. The summed E-state index contributed by atoms with van der Waals surface area (Å²) in [6, 6.07) is 8.23. The van der Waals surface area contributed by atoms with Gasteiger partial charge in [-0.25, -0.2) is 19.6 Å². The Labute approximate surface area is 269 Å². The first-order valence-corrected chi connectivity index (χ1v) is 15.5. The van der Waals surface area contributed by atoms with Crippen LogP contribution in [-0.2, 0) is 32.0 Å². The van der Waals surface area contributed by atoms with E-state index in [-0.39, 0.29) is 11.4 Å². The predicted molar refractivity (Wildman–Crippen MR) is 171 cm³/mol. The number of hydrogen-bond donors (Lipinski definition) is 4. The third-order valence-corrected chi connectivity index (χ3v) is 6.89. The number of nitrogens with one attached hydrogen (secondary N) is 2. The van der Waals surface area contributed by atoms with E-state index < -0.39 is 11.9 Å². The fourth-order valence-corrected chi connectivity index (χ4v) is 4.59. The Morgan fingerprint density at radius 1 is 0.778 bits per heavy atom. The molecule has 0 aliphatic carbocycles. The van der Waals surface area contributed by atoms with Crippen LogP contribution in [0.4, 0.5) is 5.69 Å². The number of aromatic nitrogens is 2. The second kappa shape index (κ2) is 20.7. The third-order valence-electron chi connectivity index (χ3n) is 6.64. The molecule has 0 bridgehead atoms. The lowest BCUT2D eigenvalue weighted by atomic mass is 10.2. The normalized spacial score (nSPS) is 17.1. The van der Waals surface area contributed by atoms with Gasteiger partial charge in [0.1, 0.15) is 5.69 Å². The van der Waals surface area contributed by atoms with Crippen LogP contribution in [0.1, 0.15) is 45.7 Å². The maximum absolute atomic E-state index is 11.8. The monoisotopic (exact) mass is 648 g/mol.